The number of benzene rings is 3. The Morgan fingerprint density at radius 1 is 0.938 bits per heavy atom. The van der Waals surface area contributed by atoms with Crippen LogP contribution in [-0.2, 0) is 7.05 Å². The molecule has 0 aliphatic carbocycles. The molecule has 32 heavy (non-hydrogen) atoms. The van der Waals surface area contributed by atoms with E-state index in [1.165, 1.54) is 16.3 Å². The van der Waals surface area contributed by atoms with Crippen LogP contribution in [0, 0.1) is 6.92 Å². The van der Waals surface area contributed by atoms with Crippen molar-refractivity contribution in [1.82, 2.24) is 4.98 Å². The molecular formula is C29H25N2O+. The summed E-state index contributed by atoms with van der Waals surface area (Å²) in [5.74, 6) is -0.650. The van der Waals surface area contributed by atoms with Crippen molar-refractivity contribution in [2.75, 3.05) is 0 Å². The van der Waals surface area contributed by atoms with Gasteiger partial charge in [-0.2, -0.15) is 0 Å². The minimum absolute atomic E-state index is 0.650. The summed E-state index contributed by atoms with van der Waals surface area (Å²) >= 11 is 0. The first-order valence-corrected chi connectivity index (χ1v) is 11.0. The summed E-state index contributed by atoms with van der Waals surface area (Å²) in [7, 11) is 2.08. The Balaban J connectivity index is 1.82. The van der Waals surface area contributed by atoms with Crippen molar-refractivity contribution in [2.24, 2.45) is 7.05 Å². The van der Waals surface area contributed by atoms with Gasteiger partial charge in [0.2, 0.25) is 11.4 Å². The van der Waals surface area contributed by atoms with Crippen LogP contribution in [-0.4, -0.2) is 4.98 Å². The topological polar surface area (TPSA) is 29.9 Å². The van der Waals surface area contributed by atoms with Crippen molar-refractivity contribution in [2.45, 2.75) is 26.7 Å². The second-order valence-electron chi connectivity index (χ2n) is 8.79. The second-order valence-corrected chi connectivity index (χ2v) is 8.79. The SMILES string of the molecule is [2H]C(C)(C)c1ccc2c(-c3c(C)c4ccccc4c4c3oc3ncccc34)[n+](C)ccc2c1. The summed E-state index contributed by atoms with van der Waals surface area (Å²) in [6.07, 6.45) is 3.88. The molecule has 3 heteroatoms. The molecule has 0 atom stereocenters. The first-order chi connectivity index (χ1) is 15.8. The molecule has 0 bridgehead atoms. The van der Waals surface area contributed by atoms with Gasteiger partial charge in [-0.25, -0.2) is 9.55 Å². The lowest BCUT2D eigenvalue weighted by molar-refractivity contribution is -0.659. The molecule has 156 valence electrons. The van der Waals surface area contributed by atoms with Crippen molar-refractivity contribution in [1.29, 1.82) is 0 Å². The number of aromatic nitrogens is 2. The average Bonchev–Trinajstić information content (AvgIpc) is 3.19. The molecule has 0 unspecified atom stereocenters. The number of rotatable bonds is 2. The maximum atomic E-state index is 8.48. The zero-order chi connectivity index (χ0) is 22.9. The highest BCUT2D eigenvalue weighted by molar-refractivity contribution is 6.23. The van der Waals surface area contributed by atoms with Crippen molar-refractivity contribution >= 4 is 43.6 Å². The fourth-order valence-corrected chi connectivity index (χ4v) is 4.99. The van der Waals surface area contributed by atoms with Gasteiger partial charge in [0.1, 0.15) is 7.05 Å². The standard InChI is InChI=1S/C29H25N2O/c1-17(2)19-11-12-22-20(16-19)13-15-31(4)27(22)25-18(3)21-8-5-6-9-23(21)26-24-10-7-14-30-29(24)32-28(25)26/h5-17H,1-4H3/q+1/i17D. The van der Waals surface area contributed by atoms with Crippen LogP contribution in [0.1, 0.15) is 32.2 Å². The van der Waals surface area contributed by atoms with E-state index in [4.69, 9.17) is 5.79 Å². The molecule has 0 amide bonds. The number of fused-ring (bicyclic) bond motifs is 6. The Labute approximate surface area is 188 Å². The van der Waals surface area contributed by atoms with Crippen LogP contribution < -0.4 is 4.57 Å². The van der Waals surface area contributed by atoms with Gasteiger partial charge in [0.25, 0.3) is 0 Å². The molecule has 0 N–H and O–H groups in total. The summed E-state index contributed by atoms with van der Waals surface area (Å²) in [5.41, 5.74) is 5.91. The number of furan rings is 1. The van der Waals surface area contributed by atoms with Crippen LogP contribution in [0.2, 0.25) is 0 Å². The predicted octanol–water partition coefficient (Wildman–Crippen LogP) is 7.21. The van der Waals surface area contributed by atoms with E-state index in [0.717, 1.165) is 43.9 Å². The number of nitrogens with zero attached hydrogens (tertiary/aromatic N) is 2. The minimum atomic E-state index is -0.650. The first kappa shape index (κ1) is 17.9. The Morgan fingerprint density at radius 2 is 1.72 bits per heavy atom. The van der Waals surface area contributed by atoms with Crippen LogP contribution in [0.25, 0.3) is 54.9 Å². The molecule has 0 fully saturated rings. The molecule has 3 nitrogen and oxygen atoms in total. The molecule has 3 aromatic heterocycles. The van der Waals surface area contributed by atoms with E-state index in [0.29, 0.717) is 5.71 Å². The Bertz CT molecular complexity index is 1720. The molecule has 0 radical (unpaired) electrons. The van der Waals surface area contributed by atoms with Crippen LogP contribution in [0.15, 0.2) is 77.5 Å². The van der Waals surface area contributed by atoms with E-state index in [9.17, 15) is 0 Å². The molecule has 0 saturated carbocycles. The molecule has 0 saturated heterocycles. The molecule has 0 aliphatic heterocycles. The fourth-order valence-electron chi connectivity index (χ4n) is 4.99. The van der Waals surface area contributed by atoms with Crippen molar-refractivity contribution < 1.29 is 10.4 Å². The van der Waals surface area contributed by atoms with E-state index < -0.39 is 5.89 Å². The summed E-state index contributed by atoms with van der Waals surface area (Å²) in [4.78, 5) is 4.52. The Hall–Kier alpha value is -3.72. The Morgan fingerprint density at radius 3 is 2.53 bits per heavy atom. The van der Waals surface area contributed by atoms with Gasteiger partial charge in [0, 0.05) is 24.4 Å². The summed E-state index contributed by atoms with van der Waals surface area (Å²) in [6.45, 7) is 6.03. The fraction of sp³-hybridized carbons (Fsp3) is 0.172. The lowest BCUT2D eigenvalue weighted by atomic mass is 9.91. The highest BCUT2D eigenvalue weighted by atomic mass is 16.3. The van der Waals surface area contributed by atoms with Gasteiger partial charge < -0.3 is 4.42 Å². The van der Waals surface area contributed by atoms with Crippen molar-refractivity contribution in [3.63, 3.8) is 0 Å². The summed E-state index contributed by atoms with van der Waals surface area (Å²) in [5, 5.41) is 6.80. The molecule has 6 rings (SSSR count). The smallest absolute Gasteiger partial charge is 0.227 e. The van der Waals surface area contributed by atoms with E-state index in [2.05, 4.69) is 84.3 Å². The molecule has 3 aromatic carbocycles. The van der Waals surface area contributed by atoms with Gasteiger partial charge in [0.05, 0.1) is 10.9 Å². The quantitative estimate of drug-likeness (QED) is 0.278. The van der Waals surface area contributed by atoms with Gasteiger partial charge in [-0.05, 0) is 58.3 Å². The molecule has 0 spiro atoms. The number of hydrogen-bond acceptors (Lipinski definition) is 2. The maximum absolute atomic E-state index is 8.48. The van der Waals surface area contributed by atoms with Gasteiger partial charge >= 0.3 is 0 Å². The number of aryl methyl sites for hydroxylation is 2. The number of pyridine rings is 2. The third kappa shape index (κ3) is 2.61. The van der Waals surface area contributed by atoms with E-state index in [1.807, 2.05) is 19.9 Å². The van der Waals surface area contributed by atoms with Gasteiger partial charge in [-0.1, -0.05) is 50.2 Å². The summed E-state index contributed by atoms with van der Waals surface area (Å²) < 4.78 is 17.1. The van der Waals surface area contributed by atoms with E-state index in [1.54, 1.807) is 6.20 Å². The molecule has 3 heterocycles. The average molecular weight is 419 g/mol. The van der Waals surface area contributed by atoms with Crippen LogP contribution >= 0.6 is 0 Å². The van der Waals surface area contributed by atoms with E-state index >= 15 is 0 Å². The molecule has 6 aromatic rings. The van der Waals surface area contributed by atoms with Crippen molar-refractivity contribution in [3.8, 4) is 11.3 Å². The third-order valence-corrected chi connectivity index (χ3v) is 6.62. The highest BCUT2D eigenvalue weighted by Gasteiger charge is 2.26. The van der Waals surface area contributed by atoms with Crippen molar-refractivity contribution in [3.05, 3.63) is 84.2 Å². The molecule has 0 aliphatic rings. The molecular weight excluding hydrogens is 392 g/mol. The predicted molar refractivity (Wildman–Crippen MR) is 132 cm³/mol. The zero-order valence-corrected chi connectivity index (χ0v) is 18.7. The van der Waals surface area contributed by atoms with E-state index in [-0.39, 0.29) is 0 Å². The lowest BCUT2D eigenvalue weighted by Gasteiger charge is -2.13. The monoisotopic (exact) mass is 418 g/mol. The largest absolute Gasteiger partial charge is 0.437 e. The first-order valence-electron chi connectivity index (χ1n) is 11.5. The Kier molecular flexibility index (Phi) is 3.86. The summed E-state index contributed by atoms with van der Waals surface area (Å²) in [6, 6.07) is 21.1. The van der Waals surface area contributed by atoms with Crippen LogP contribution in [0.5, 0.6) is 0 Å². The van der Waals surface area contributed by atoms with Gasteiger partial charge in [-0.15, -0.1) is 0 Å². The number of hydrogen-bond donors (Lipinski definition) is 0. The van der Waals surface area contributed by atoms with Gasteiger partial charge in [-0.3, -0.25) is 0 Å². The second kappa shape index (κ2) is 6.89. The minimum Gasteiger partial charge on any atom is -0.437 e. The highest BCUT2D eigenvalue weighted by Crippen LogP contribution is 2.43. The van der Waals surface area contributed by atoms with Crippen LogP contribution in [0.4, 0.5) is 0 Å². The third-order valence-electron chi connectivity index (χ3n) is 6.62. The maximum Gasteiger partial charge on any atom is 0.227 e. The zero-order valence-electron chi connectivity index (χ0n) is 19.7. The lowest BCUT2D eigenvalue weighted by Crippen LogP contribution is -2.30. The van der Waals surface area contributed by atoms with Crippen LogP contribution in [0.3, 0.4) is 0 Å². The van der Waals surface area contributed by atoms with Gasteiger partial charge in [0.15, 0.2) is 11.8 Å². The normalized spacial score (nSPS) is 12.8.